The van der Waals surface area contributed by atoms with Gasteiger partial charge in [-0.2, -0.15) is 0 Å². The molecule has 94 valence electrons. The van der Waals surface area contributed by atoms with Crippen LogP contribution in [0, 0.1) is 0 Å². The lowest BCUT2D eigenvalue weighted by molar-refractivity contribution is -0.140. The van der Waals surface area contributed by atoms with Gasteiger partial charge in [-0.05, 0) is 18.9 Å². The zero-order valence-electron chi connectivity index (χ0n) is 10.2. The number of aliphatic hydroxyl groups excluding tert-OH is 1. The van der Waals surface area contributed by atoms with E-state index in [9.17, 15) is 14.7 Å². The predicted molar refractivity (Wildman–Crippen MR) is 66.6 cm³/mol. The highest BCUT2D eigenvalue weighted by Crippen LogP contribution is 2.18. The van der Waals surface area contributed by atoms with Crippen LogP contribution < -0.4 is 0 Å². The van der Waals surface area contributed by atoms with Crippen molar-refractivity contribution in [1.29, 1.82) is 0 Å². The number of imide groups is 1. The van der Waals surface area contributed by atoms with Gasteiger partial charge in [0.15, 0.2) is 0 Å². The van der Waals surface area contributed by atoms with Gasteiger partial charge in [-0.25, -0.2) is 0 Å². The fourth-order valence-corrected chi connectivity index (χ4v) is 2.08. The second-order valence-electron chi connectivity index (χ2n) is 4.37. The Kier molecular flexibility index (Phi) is 3.58. The third-order valence-corrected chi connectivity index (χ3v) is 3.02. The van der Waals surface area contributed by atoms with E-state index in [1.807, 2.05) is 30.3 Å². The maximum Gasteiger partial charge on any atom is 0.256 e. The standard InChI is InChI=1S/C14H15NO3/c1-10-7-13(17)15(14(10)18)12(9-16)8-11-5-3-2-4-6-11/h2-7,12,16H,8-9H2,1H3/t12-/m0/s1. The highest BCUT2D eigenvalue weighted by atomic mass is 16.3. The summed E-state index contributed by atoms with van der Waals surface area (Å²) in [6, 6.07) is 9.00. The molecule has 0 saturated carbocycles. The fraction of sp³-hybridized carbons (Fsp3) is 0.286. The van der Waals surface area contributed by atoms with Crippen LogP contribution in [0.25, 0.3) is 0 Å². The Morgan fingerprint density at radius 2 is 1.89 bits per heavy atom. The first-order chi connectivity index (χ1) is 8.63. The van der Waals surface area contributed by atoms with E-state index in [-0.39, 0.29) is 18.4 Å². The lowest BCUT2D eigenvalue weighted by atomic mass is 10.1. The Morgan fingerprint density at radius 3 is 2.39 bits per heavy atom. The van der Waals surface area contributed by atoms with Crippen molar-refractivity contribution in [2.24, 2.45) is 0 Å². The average molecular weight is 245 g/mol. The van der Waals surface area contributed by atoms with E-state index in [0.29, 0.717) is 12.0 Å². The van der Waals surface area contributed by atoms with Crippen molar-refractivity contribution < 1.29 is 14.7 Å². The van der Waals surface area contributed by atoms with Gasteiger partial charge in [0.2, 0.25) is 0 Å². The van der Waals surface area contributed by atoms with Gasteiger partial charge in [-0.1, -0.05) is 30.3 Å². The largest absolute Gasteiger partial charge is 0.394 e. The van der Waals surface area contributed by atoms with Crippen LogP contribution in [0.15, 0.2) is 42.0 Å². The SMILES string of the molecule is CC1=CC(=O)N([C@H](CO)Cc2ccccc2)C1=O. The zero-order chi connectivity index (χ0) is 13.1. The molecule has 0 bridgehead atoms. The molecular weight excluding hydrogens is 230 g/mol. The van der Waals surface area contributed by atoms with Crippen LogP contribution >= 0.6 is 0 Å². The number of rotatable bonds is 4. The van der Waals surface area contributed by atoms with E-state index in [1.54, 1.807) is 6.92 Å². The first-order valence-corrected chi connectivity index (χ1v) is 5.84. The molecule has 4 heteroatoms. The third-order valence-electron chi connectivity index (χ3n) is 3.02. The van der Waals surface area contributed by atoms with Crippen LogP contribution in [-0.4, -0.2) is 34.5 Å². The summed E-state index contributed by atoms with van der Waals surface area (Å²) in [6.45, 7) is 1.38. The number of nitrogens with zero attached hydrogens (tertiary/aromatic N) is 1. The molecule has 1 aliphatic heterocycles. The summed E-state index contributed by atoms with van der Waals surface area (Å²) in [6.07, 6.45) is 1.78. The summed E-state index contributed by atoms with van der Waals surface area (Å²) >= 11 is 0. The summed E-state index contributed by atoms with van der Waals surface area (Å²) in [4.78, 5) is 24.7. The van der Waals surface area contributed by atoms with E-state index in [2.05, 4.69) is 0 Å². The molecule has 1 aromatic rings. The Hall–Kier alpha value is -1.94. The Labute approximate surface area is 106 Å². The number of carbonyl (C=O) groups is 2. The molecule has 1 aliphatic rings. The van der Waals surface area contributed by atoms with Gasteiger partial charge >= 0.3 is 0 Å². The van der Waals surface area contributed by atoms with Gasteiger partial charge in [0, 0.05) is 11.6 Å². The van der Waals surface area contributed by atoms with Gasteiger partial charge < -0.3 is 5.11 Å². The topological polar surface area (TPSA) is 57.6 Å². The molecule has 4 nitrogen and oxygen atoms in total. The summed E-state index contributed by atoms with van der Waals surface area (Å²) < 4.78 is 0. The number of hydrogen-bond acceptors (Lipinski definition) is 3. The van der Waals surface area contributed by atoms with E-state index >= 15 is 0 Å². The van der Waals surface area contributed by atoms with Crippen LogP contribution in [0.5, 0.6) is 0 Å². The minimum absolute atomic E-state index is 0.229. The average Bonchev–Trinajstić information content (AvgIpc) is 2.62. The van der Waals surface area contributed by atoms with Gasteiger partial charge in [0.05, 0.1) is 12.6 Å². The molecule has 2 amide bonds. The van der Waals surface area contributed by atoms with E-state index in [4.69, 9.17) is 0 Å². The summed E-state index contributed by atoms with van der Waals surface area (Å²) in [5.74, 6) is -0.650. The third kappa shape index (κ3) is 2.33. The summed E-state index contributed by atoms with van der Waals surface area (Å²) in [5, 5.41) is 9.40. The van der Waals surface area contributed by atoms with Gasteiger partial charge in [0.1, 0.15) is 0 Å². The lowest BCUT2D eigenvalue weighted by Gasteiger charge is -2.24. The first kappa shape index (κ1) is 12.5. The molecule has 18 heavy (non-hydrogen) atoms. The minimum atomic E-state index is -0.499. The van der Waals surface area contributed by atoms with Gasteiger partial charge in [0.25, 0.3) is 11.8 Å². The summed E-state index contributed by atoms with van der Waals surface area (Å²) in [7, 11) is 0. The van der Waals surface area contributed by atoms with Crippen LogP contribution in [-0.2, 0) is 16.0 Å². The van der Waals surface area contributed by atoms with Crippen LogP contribution in [0.3, 0.4) is 0 Å². The Morgan fingerprint density at radius 1 is 1.22 bits per heavy atom. The fourth-order valence-electron chi connectivity index (χ4n) is 2.08. The molecule has 1 atom stereocenters. The van der Waals surface area contributed by atoms with Crippen molar-refractivity contribution in [1.82, 2.24) is 4.90 Å². The maximum atomic E-state index is 11.8. The predicted octanol–water partition coefficient (Wildman–Crippen LogP) is 0.905. The van der Waals surface area contributed by atoms with Crippen molar-refractivity contribution in [2.75, 3.05) is 6.61 Å². The van der Waals surface area contributed by atoms with Crippen molar-refractivity contribution >= 4 is 11.8 Å². The maximum absolute atomic E-state index is 11.8. The molecule has 0 aliphatic carbocycles. The van der Waals surface area contributed by atoms with Gasteiger partial charge in [-0.15, -0.1) is 0 Å². The van der Waals surface area contributed by atoms with Crippen molar-refractivity contribution in [3.05, 3.63) is 47.5 Å². The molecule has 0 radical (unpaired) electrons. The Balaban J connectivity index is 2.16. The molecule has 2 rings (SSSR count). The van der Waals surface area contributed by atoms with E-state index < -0.39 is 6.04 Å². The van der Waals surface area contributed by atoms with Crippen LogP contribution in [0.1, 0.15) is 12.5 Å². The van der Waals surface area contributed by atoms with E-state index in [0.717, 1.165) is 10.5 Å². The molecule has 1 aromatic carbocycles. The van der Waals surface area contributed by atoms with Gasteiger partial charge in [-0.3, -0.25) is 14.5 Å². The van der Waals surface area contributed by atoms with E-state index in [1.165, 1.54) is 6.08 Å². The van der Waals surface area contributed by atoms with Crippen molar-refractivity contribution in [3.8, 4) is 0 Å². The number of amides is 2. The molecule has 0 aromatic heterocycles. The molecule has 0 saturated heterocycles. The number of aliphatic hydroxyl groups is 1. The number of hydrogen-bond donors (Lipinski definition) is 1. The highest BCUT2D eigenvalue weighted by molar-refractivity contribution is 6.16. The second-order valence-corrected chi connectivity index (χ2v) is 4.37. The van der Waals surface area contributed by atoms with Crippen LogP contribution in [0.4, 0.5) is 0 Å². The smallest absolute Gasteiger partial charge is 0.256 e. The molecule has 0 spiro atoms. The lowest BCUT2D eigenvalue weighted by Crippen LogP contribution is -2.44. The minimum Gasteiger partial charge on any atom is -0.394 e. The molecule has 1 N–H and O–H groups in total. The normalized spacial score (nSPS) is 17.0. The molecular formula is C14H15NO3. The summed E-state index contributed by atoms with van der Waals surface area (Å²) in [5.41, 5.74) is 1.41. The zero-order valence-corrected chi connectivity index (χ0v) is 10.2. The quantitative estimate of drug-likeness (QED) is 0.802. The monoisotopic (exact) mass is 245 g/mol. The Bertz CT molecular complexity index is 493. The first-order valence-electron chi connectivity index (χ1n) is 5.84. The second kappa shape index (κ2) is 5.14. The number of benzene rings is 1. The highest BCUT2D eigenvalue weighted by Gasteiger charge is 2.34. The molecule has 0 unspecified atom stereocenters. The van der Waals surface area contributed by atoms with Crippen LogP contribution in [0.2, 0.25) is 0 Å². The molecule has 1 heterocycles. The number of carbonyl (C=O) groups excluding carboxylic acids is 2. The van der Waals surface area contributed by atoms with Crippen molar-refractivity contribution in [2.45, 2.75) is 19.4 Å². The van der Waals surface area contributed by atoms with Crippen molar-refractivity contribution in [3.63, 3.8) is 0 Å². The molecule has 0 fully saturated rings.